The number of hydrogen-bond acceptors (Lipinski definition) is 6. The molecule has 7 heteroatoms. The third kappa shape index (κ3) is 1.93. The van der Waals surface area contributed by atoms with E-state index in [0.29, 0.717) is 23.5 Å². The topological polar surface area (TPSA) is 119 Å². The Hall–Kier alpha value is -3.14. The number of aromatic nitrogens is 4. The molecule has 0 atom stereocenters. The van der Waals surface area contributed by atoms with E-state index in [2.05, 4.69) is 21.0 Å². The SMILES string of the molecule is N#Cc1nc2ccc(-c3cc(N)nc(N)c3)nc2n1C1CC1. The van der Waals surface area contributed by atoms with Crippen molar-refractivity contribution in [3.05, 3.63) is 30.1 Å². The number of hydrogen-bond donors (Lipinski definition) is 2. The second-order valence-electron chi connectivity index (χ2n) is 5.39. The highest BCUT2D eigenvalue weighted by atomic mass is 15.2. The van der Waals surface area contributed by atoms with Gasteiger partial charge in [0.25, 0.3) is 0 Å². The van der Waals surface area contributed by atoms with E-state index in [-0.39, 0.29) is 0 Å². The lowest BCUT2D eigenvalue weighted by molar-refractivity contribution is 0.744. The molecule has 1 aliphatic carbocycles. The zero-order chi connectivity index (χ0) is 15.3. The van der Waals surface area contributed by atoms with Crippen molar-refractivity contribution in [2.24, 2.45) is 0 Å². The van der Waals surface area contributed by atoms with Crippen molar-refractivity contribution in [1.29, 1.82) is 5.26 Å². The molecular formula is C15H13N7. The van der Waals surface area contributed by atoms with E-state index in [1.54, 1.807) is 12.1 Å². The minimum atomic E-state index is 0.329. The van der Waals surface area contributed by atoms with Gasteiger partial charge in [0, 0.05) is 11.6 Å². The van der Waals surface area contributed by atoms with Crippen LogP contribution in [0.1, 0.15) is 24.7 Å². The summed E-state index contributed by atoms with van der Waals surface area (Å²) in [5.74, 6) is 1.12. The highest BCUT2D eigenvalue weighted by molar-refractivity contribution is 5.78. The molecule has 3 aromatic rings. The Morgan fingerprint density at radius 2 is 1.82 bits per heavy atom. The predicted molar refractivity (Wildman–Crippen MR) is 82.6 cm³/mol. The summed E-state index contributed by atoms with van der Waals surface area (Å²) < 4.78 is 1.92. The van der Waals surface area contributed by atoms with Gasteiger partial charge in [-0.3, -0.25) is 4.57 Å². The number of nitriles is 1. The van der Waals surface area contributed by atoms with Gasteiger partial charge in [0.15, 0.2) is 5.65 Å². The molecule has 3 heterocycles. The second kappa shape index (κ2) is 4.43. The monoisotopic (exact) mass is 291 g/mol. The van der Waals surface area contributed by atoms with Gasteiger partial charge in [-0.1, -0.05) is 0 Å². The van der Waals surface area contributed by atoms with E-state index in [1.807, 2.05) is 16.7 Å². The lowest BCUT2D eigenvalue weighted by atomic mass is 10.1. The summed E-state index contributed by atoms with van der Waals surface area (Å²) in [5, 5.41) is 9.25. The first-order valence-electron chi connectivity index (χ1n) is 6.98. The highest BCUT2D eigenvalue weighted by Crippen LogP contribution is 2.38. The summed E-state index contributed by atoms with van der Waals surface area (Å²) in [7, 11) is 0. The molecule has 1 aliphatic rings. The molecule has 0 aromatic carbocycles. The average molecular weight is 291 g/mol. The second-order valence-corrected chi connectivity index (χ2v) is 5.39. The first kappa shape index (κ1) is 12.6. The summed E-state index contributed by atoms with van der Waals surface area (Å²) in [5.41, 5.74) is 14.5. The molecule has 0 spiro atoms. The molecule has 0 aliphatic heterocycles. The molecule has 0 unspecified atom stereocenters. The summed E-state index contributed by atoms with van der Waals surface area (Å²) in [6, 6.07) is 9.65. The summed E-state index contributed by atoms with van der Waals surface area (Å²) >= 11 is 0. The van der Waals surface area contributed by atoms with Crippen molar-refractivity contribution in [3.8, 4) is 17.3 Å². The van der Waals surface area contributed by atoms with E-state index >= 15 is 0 Å². The van der Waals surface area contributed by atoms with Crippen LogP contribution in [-0.4, -0.2) is 19.5 Å². The first-order chi connectivity index (χ1) is 10.7. The molecule has 3 aromatic heterocycles. The molecule has 7 nitrogen and oxygen atoms in total. The molecule has 4 rings (SSSR count). The summed E-state index contributed by atoms with van der Waals surface area (Å²) in [6.45, 7) is 0. The standard InChI is InChI=1S/C15H13N7/c16-7-14-19-11-4-3-10(8-5-12(17)21-13(18)6-8)20-15(11)22(14)9-1-2-9/h3-6,9H,1-2H2,(H4,17,18,21). The van der Waals surface area contributed by atoms with Crippen LogP contribution in [0.3, 0.4) is 0 Å². The third-order valence-electron chi connectivity index (χ3n) is 3.71. The molecule has 0 amide bonds. The molecule has 1 saturated carbocycles. The van der Waals surface area contributed by atoms with Crippen molar-refractivity contribution in [1.82, 2.24) is 19.5 Å². The van der Waals surface area contributed by atoms with Crippen molar-refractivity contribution in [2.75, 3.05) is 11.5 Å². The van der Waals surface area contributed by atoms with Crippen LogP contribution in [0.25, 0.3) is 22.4 Å². The quantitative estimate of drug-likeness (QED) is 0.743. The van der Waals surface area contributed by atoms with Gasteiger partial charge in [-0.05, 0) is 37.1 Å². The van der Waals surface area contributed by atoms with Gasteiger partial charge in [0.1, 0.15) is 23.2 Å². The summed E-state index contributed by atoms with van der Waals surface area (Å²) in [4.78, 5) is 13.0. The van der Waals surface area contributed by atoms with Gasteiger partial charge in [-0.15, -0.1) is 0 Å². The van der Waals surface area contributed by atoms with E-state index in [0.717, 1.165) is 35.3 Å². The molecule has 4 N–H and O–H groups in total. The Bertz CT molecular complexity index is 911. The molecule has 22 heavy (non-hydrogen) atoms. The fourth-order valence-electron chi connectivity index (χ4n) is 2.61. The van der Waals surface area contributed by atoms with Gasteiger partial charge in [-0.2, -0.15) is 5.26 Å². The highest BCUT2D eigenvalue weighted by Gasteiger charge is 2.29. The smallest absolute Gasteiger partial charge is 0.215 e. The number of rotatable bonds is 2. The van der Waals surface area contributed by atoms with Crippen LogP contribution >= 0.6 is 0 Å². The number of nitrogen functional groups attached to an aromatic ring is 2. The molecule has 0 saturated heterocycles. The predicted octanol–water partition coefficient (Wildman–Crippen LogP) is 1.86. The van der Waals surface area contributed by atoms with Crippen LogP contribution < -0.4 is 11.5 Å². The molecule has 108 valence electrons. The van der Waals surface area contributed by atoms with Crippen LogP contribution in [0.2, 0.25) is 0 Å². The summed E-state index contributed by atoms with van der Waals surface area (Å²) in [6.07, 6.45) is 2.11. The zero-order valence-electron chi connectivity index (χ0n) is 11.7. The fraction of sp³-hybridized carbons (Fsp3) is 0.200. The van der Waals surface area contributed by atoms with E-state index in [4.69, 9.17) is 11.5 Å². The maximum Gasteiger partial charge on any atom is 0.215 e. The van der Waals surface area contributed by atoms with Crippen LogP contribution in [0.4, 0.5) is 11.6 Å². The van der Waals surface area contributed by atoms with Gasteiger partial charge in [0.2, 0.25) is 5.82 Å². The third-order valence-corrected chi connectivity index (χ3v) is 3.71. The van der Waals surface area contributed by atoms with Gasteiger partial charge >= 0.3 is 0 Å². The fourth-order valence-corrected chi connectivity index (χ4v) is 2.61. The average Bonchev–Trinajstić information content (AvgIpc) is 3.25. The van der Waals surface area contributed by atoms with Crippen molar-refractivity contribution < 1.29 is 0 Å². The van der Waals surface area contributed by atoms with Crippen LogP contribution in [0.5, 0.6) is 0 Å². The van der Waals surface area contributed by atoms with Crippen LogP contribution in [-0.2, 0) is 0 Å². The molecule has 1 fully saturated rings. The minimum absolute atomic E-state index is 0.329. The number of pyridine rings is 2. The lowest BCUT2D eigenvalue weighted by Crippen LogP contribution is -2.00. The van der Waals surface area contributed by atoms with Gasteiger partial charge in [-0.25, -0.2) is 15.0 Å². The number of nitrogens with two attached hydrogens (primary N) is 2. The Labute approximate surface area is 126 Å². The Morgan fingerprint density at radius 3 is 2.45 bits per heavy atom. The van der Waals surface area contributed by atoms with Crippen molar-refractivity contribution in [3.63, 3.8) is 0 Å². The Morgan fingerprint density at radius 1 is 1.09 bits per heavy atom. The van der Waals surface area contributed by atoms with E-state index in [9.17, 15) is 5.26 Å². The van der Waals surface area contributed by atoms with Crippen LogP contribution in [0.15, 0.2) is 24.3 Å². The molecule has 0 bridgehead atoms. The van der Waals surface area contributed by atoms with E-state index in [1.165, 1.54) is 0 Å². The molecule has 0 radical (unpaired) electrons. The minimum Gasteiger partial charge on any atom is -0.384 e. The normalized spacial score (nSPS) is 14.1. The number of anilines is 2. The maximum absolute atomic E-state index is 9.25. The van der Waals surface area contributed by atoms with E-state index < -0.39 is 0 Å². The Kier molecular flexibility index (Phi) is 2.53. The first-order valence-corrected chi connectivity index (χ1v) is 6.98. The largest absolute Gasteiger partial charge is 0.384 e. The van der Waals surface area contributed by atoms with Gasteiger partial charge in [0.05, 0.1) is 5.69 Å². The van der Waals surface area contributed by atoms with Crippen molar-refractivity contribution >= 4 is 22.8 Å². The maximum atomic E-state index is 9.25. The number of fused-ring (bicyclic) bond motifs is 1. The van der Waals surface area contributed by atoms with Gasteiger partial charge < -0.3 is 11.5 Å². The Balaban J connectivity index is 1.93. The number of imidazole rings is 1. The van der Waals surface area contributed by atoms with Crippen LogP contribution in [0, 0.1) is 11.3 Å². The molecular weight excluding hydrogens is 278 g/mol. The van der Waals surface area contributed by atoms with Crippen molar-refractivity contribution in [2.45, 2.75) is 18.9 Å². The zero-order valence-corrected chi connectivity index (χ0v) is 11.7. The lowest BCUT2D eigenvalue weighted by Gasteiger charge is -2.06. The number of nitrogens with zero attached hydrogens (tertiary/aromatic N) is 5.